The molecule has 3 aromatic carbocycles. The second-order valence-corrected chi connectivity index (χ2v) is 8.01. The molecule has 0 aliphatic heterocycles. The number of ether oxygens (including phenoxy) is 1. The SMILES string of the molecule is Cc1ccc(-c2c(C(=O)OCC(=O)Nc3ccccc3Cl)n(C)c(=O)c3ccccc23)cc1. The van der Waals surface area contributed by atoms with Crippen LogP contribution in [0, 0.1) is 6.92 Å². The predicted octanol–water partition coefficient (Wildman–Crippen LogP) is 4.96. The van der Waals surface area contributed by atoms with Crippen molar-refractivity contribution in [3.05, 3.63) is 99.4 Å². The molecule has 7 heteroatoms. The van der Waals surface area contributed by atoms with Crippen LogP contribution in [0.1, 0.15) is 16.1 Å². The maximum atomic E-state index is 13.2. The molecule has 0 saturated heterocycles. The lowest BCUT2D eigenvalue weighted by molar-refractivity contribution is -0.119. The summed E-state index contributed by atoms with van der Waals surface area (Å²) in [6.07, 6.45) is 0. The van der Waals surface area contributed by atoms with Crippen LogP contribution >= 0.6 is 11.6 Å². The Morgan fingerprint density at radius 2 is 1.58 bits per heavy atom. The second kappa shape index (κ2) is 9.30. The standard InChI is InChI=1S/C26H21ClN2O4/c1-16-11-13-17(14-12-16)23-18-7-3-4-8-19(18)25(31)29(2)24(23)26(32)33-15-22(30)28-21-10-6-5-9-20(21)27/h3-14H,15H2,1-2H3,(H,28,30). The number of hydrogen-bond acceptors (Lipinski definition) is 4. The number of benzene rings is 3. The second-order valence-electron chi connectivity index (χ2n) is 7.60. The van der Waals surface area contributed by atoms with Gasteiger partial charge in [-0.2, -0.15) is 0 Å². The molecule has 6 nitrogen and oxygen atoms in total. The van der Waals surface area contributed by atoms with E-state index in [2.05, 4.69) is 5.32 Å². The summed E-state index contributed by atoms with van der Waals surface area (Å²) in [6, 6.07) is 21.5. The molecule has 0 spiro atoms. The summed E-state index contributed by atoms with van der Waals surface area (Å²) in [7, 11) is 1.52. The Kier molecular flexibility index (Phi) is 6.29. The van der Waals surface area contributed by atoms with Gasteiger partial charge in [0.25, 0.3) is 11.5 Å². The molecule has 0 fully saturated rings. The van der Waals surface area contributed by atoms with Crippen molar-refractivity contribution in [1.82, 2.24) is 4.57 Å². The monoisotopic (exact) mass is 460 g/mol. The van der Waals surface area contributed by atoms with Crippen molar-refractivity contribution in [3.63, 3.8) is 0 Å². The van der Waals surface area contributed by atoms with Crippen molar-refractivity contribution < 1.29 is 14.3 Å². The Hall–Kier alpha value is -3.90. The number of anilines is 1. The number of fused-ring (bicyclic) bond motifs is 1. The molecule has 0 bridgehead atoms. The van der Waals surface area contributed by atoms with Gasteiger partial charge in [0.15, 0.2) is 6.61 Å². The third kappa shape index (κ3) is 4.52. The van der Waals surface area contributed by atoms with Crippen molar-refractivity contribution in [2.45, 2.75) is 6.92 Å². The van der Waals surface area contributed by atoms with E-state index >= 15 is 0 Å². The number of rotatable bonds is 5. The largest absolute Gasteiger partial charge is 0.451 e. The quantitative estimate of drug-likeness (QED) is 0.427. The minimum Gasteiger partial charge on any atom is -0.451 e. The van der Waals surface area contributed by atoms with Crippen molar-refractivity contribution in [1.29, 1.82) is 0 Å². The van der Waals surface area contributed by atoms with E-state index < -0.39 is 18.5 Å². The van der Waals surface area contributed by atoms with Gasteiger partial charge in [-0.25, -0.2) is 4.79 Å². The smallest absolute Gasteiger partial charge is 0.356 e. The number of esters is 1. The van der Waals surface area contributed by atoms with Gasteiger partial charge in [-0.3, -0.25) is 9.59 Å². The summed E-state index contributed by atoms with van der Waals surface area (Å²) in [5.41, 5.74) is 2.57. The maximum absolute atomic E-state index is 13.2. The van der Waals surface area contributed by atoms with E-state index in [9.17, 15) is 14.4 Å². The van der Waals surface area contributed by atoms with E-state index in [-0.39, 0.29) is 11.3 Å². The summed E-state index contributed by atoms with van der Waals surface area (Å²) in [5.74, 6) is -1.32. The number of halogens is 1. The zero-order chi connectivity index (χ0) is 23.5. The molecule has 166 valence electrons. The lowest BCUT2D eigenvalue weighted by Crippen LogP contribution is -2.28. The average molecular weight is 461 g/mol. The third-order valence-electron chi connectivity index (χ3n) is 5.32. The molecule has 0 saturated carbocycles. The highest BCUT2D eigenvalue weighted by molar-refractivity contribution is 6.33. The minimum atomic E-state index is -0.773. The van der Waals surface area contributed by atoms with Crippen LogP contribution in [0.3, 0.4) is 0 Å². The Bertz CT molecular complexity index is 1420. The highest BCUT2D eigenvalue weighted by Crippen LogP contribution is 2.31. The minimum absolute atomic E-state index is 0.0769. The normalized spacial score (nSPS) is 10.8. The lowest BCUT2D eigenvalue weighted by Gasteiger charge is -2.17. The molecule has 0 radical (unpaired) electrons. The molecule has 0 atom stereocenters. The zero-order valence-corrected chi connectivity index (χ0v) is 18.8. The molecule has 1 aromatic heterocycles. The van der Waals surface area contributed by atoms with Gasteiger partial charge in [-0.1, -0.05) is 71.8 Å². The molecule has 1 amide bonds. The first-order valence-corrected chi connectivity index (χ1v) is 10.6. The van der Waals surface area contributed by atoms with Crippen LogP contribution in [0.25, 0.3) is 21.9 Å². The van der Waals surface area contributed by atoms with Gasteiger partial charge in [0.05, 0.1) is 10.7 Å². The van der Waals surface area contributed by atoms with Gasteiger partial charge in [-0.05, 0) is 36.1 Å². The fourth-order valence-electron chi connectivity index (χ4n) is 3.66. The number of para-hydroxylation sites is 1. The number of carbonyl (C=O) groups is 2. The predicted molar refractivity (Wildman–Crippen MR) is 130 cm³/mol. The van der Waals surface area contributed by atoms with E-state index in [1.807, 2.05) is 37.3 Å². The molecule has 4 aromatic rings. The number of amides is 1. The maximum Gasteiger partial charge on any atom is 0.356 e. The Morgan fingerprint density at radius 3 is 2.27 bits per heavy atom. The van der Waals surface area contributed by atoms with Crippen LogP contribution in [0.5, 0.6) is 0 Å². The number of carbonyl (C=O) groups excluding carboxylic acids is 2. The van der Waals surface area contributed by atoms with E-state index in [0.717, 1.165) is 11.1 Å². The van der Waals surface area contributed by atoms with Crippen LogP contribution in [0.4, 0.5) is 5.69 Å². The van der Waals surface area contributed by atoms with Gasteiger partial charge in [0.2, 0.25) is 0 Å². The molecule has 1 heterocycles. The van der Waals surface area contributed by atoms with Gasteiger partial charge in [-0.15, -0.1) is 0 Å². The topological polar surface area (TPSA) is 77.4 Å². The first-order chi connectivity index (χ1) is 15.9. The number of nitrogens with one attached hydrogen (secondary N) is 1. The molecule has 0 aliphatic rings. The van der Waals surface area contributed by atoms with Crippen LogP contribution in [0.2, 0.25) is 5.02 Å². The van der Waals surface area contributed by atoms with E-state index in [1.165, 1.54) is 11.6 Å². The number of pyridine rings is 1. The van der Waals surface area contributed by atoms with Gasteiger partial charge >= 0.3 is 5.97 Å². The molecule has 0 aliphatic carbocycles. The highest BCUT2D eigenvalue weighted by atomic mass is 35.5. The summed E-state index contributed by atoms with van der Waals surface area (Å²) in [5, 5.41) is 4.11. The molecule has 4 rings (SSSR count). The molecular weight excluding hydrogens is 440 g/mol. The van der Waals surface area contributed by atoms with Crippen LogP contribution in [0.15, 0.2) is 77.6 Å². The van der Waals surface area contributed by atoms with Crippen LogP contribution in [-0.2, 0) is 16.6 Å². The Labute approximate surface area is 195 Å². The first-order valence-electron chi connectivity index (χ1n) is 10.3. The number of aromatic nitrogens is 1. The summed E-state index contributed by atoms with van der Waals surface area (Å²) < 4.78 is 6.59. The average Bonchev–Trinajstić information content (AvgIpc) is 2.82. The van der Waals surface area contributed by atoms with Gasteiger partial charge in [0.1, 0.15) is 5.69 Å². The third-order valence-corrected chi connectivity index (χ3v) is 5.65. The van der Waals surface area contributed by atoms with Crippen molar-refractivity contribution in [2.75, 3.05) is 11.9 Å². The van der Waals surface area contributed by atoms with Gasteiger partial charge in [0, 0.05) is 18.0 Å². The fraction of sp³-hybridized carbons (Fsp3) is 0.115. The molecule has 33 heavy (non-hydrogen) atoms. The zero-order valence-electron chi connectivity index (χ0n) is 18.1. The first kappa shape index (κ1) is 22.3. The summed E-state index contributed by atoms with van der Waals surface area (Å²) in [6.45, 7) is 1.44. The summed E-state index contributed by atoms with van der Waals surface area (Å²) >= 11 is 6.06. The Morgan fingerprint density at radius 1 is 0.939 bits per heavy atom. The fourth-order valence-corrected chi connectivity index (χ4v) is 3.85. The van der Waals surface area contributed by atoms with Crippen molar-refractivity contribution >= 4 is 39.9 Å². The number of hydrogen-bond donors (Lipinski definition) is 1. The molecule has 1 N–H and O–H groups in total. The van der Waals surface area contributed by atoms with E-state index in [4.69, 9.17) is 16.3 Å². The summed E-state index contributed by atoms with van der Waals surface area (Å²) in [4.78, 5) is 38.5. The van der Waals surface area contributed by atoms with Gasteiger partial charge < -0.3 is 14.6 Å². The lowest BCUT2D eigenvalue weighted by atomic mass is 9.96. The van der Waals surface area contributed by atoms with E-state index in [0.29, 0.717) is 27.0 Å². The van der Waals surface area contributed by atoms with E-state index in [1.54, 1.807) is 42.5 Å². The van der Waals surface area contributed by atoms with Crippen LogP contribution in [-0.4, -0.2) is 23.1 Å². The molecular formula is C26H21ClN2O4. The Balaban J connectivity index is 1.71. The molecule has 0 unspecified atom stereocenters. The van der Waals surface area contributed by atoms with Crippen molar-refractivity contribution in [2.24, 2.45) is 7.05 Å². The highest BCUT2D eigenvalue weighted by Gasteiger charge is 2.23. The number of nitrogens with zero attached hydrogens (tertiary/aromatic N) is 1. The van der Waals surface area contributed by atoms with Crippen LogP contribution < -0.4 is 10.9 Å². The number of aryl methyl sites for hydroxylation is 1. The van der Waals surface area contributed by atoms with Crippen molar-refractivity contribution in [3.8, 4) is 11.1 Å².